The first-order valence-corrected chi connectivity index (χ1v) is 14.0. The molecule has 204 valence electrons. The summed E-state index contributed by atoms with van der Waals surface area (Å²) in [6.07, 6.45) is 8.64. The van der Waals surface area contributed by atoms with E-state index in [9.17, 15) is 14.4 Å². The van der Waals surface area contributed by atoms with Gasteiger partial charge < -0.3 is 9.64 Å². The van der Waals surface area contributed by atoms with Crippen molar-refractivity contribution in [3.05, 3.63) is 94.5 Å². The zero-order valence-corrected chi connectivity index (χ0v) is 22.7. The summed E-state index contributed by atoms with van der Waals surface area (Å²) in [5, 5.41) is 0.552. The Hall–Kier alpha value is -3.42. The Morgan fingerprint density at radius 1 is 1.05 bits per heavy atom. The van der Waals surface area contributed by atoms with E-state index in [1.54, 1.807) is 30.0 Å². The SMILES string of the molecule is CCOC(=O)C1CCCCC1N1C(=O)c2ccccc2C(C(=O)NOCc2ccccc2)C1C1C=CC(Cl)=C1. The van der Waals surface area contributed by atoms with Crippen molar-refractivity contribution in [2.45, 2.75) is 57.2 Å². The number of carbonyl (C=O) groups excluding carboxylic acids is 3. The van der Waals surface area contributed by atoms with Crippen LogP contribution in [0.4, 0.5) is 0 Å². The van der Waals surface area contributed by atoms with Crippen LogP contribution in [0, 0.1) is 11.8 Å². The molecule has 2 aromatic rings. The van der Waals surface area contributed by atoms with Gasteiger partial charge in [-0.05, 0) is 43.0 Å². The van der Waals surface area contributed by atoms with Crippen LogP contribution in [0.5, 0.6) is 0 Å². The summed E-state index contributed by atoms with van der Waals surface area (Å²) in [7, 11) is 0. The van der Waals surface area contributed by atoms with Crippen molar-refractivity contribution in [2.75, 3.05) is 6.61 Å². The lowest BCUT2D eigenvalue weighted by atomic mass is 9.73. The van der Waals surface area contributed by atoms with Crippen molar-refractivity contribution >= 4 is 29.4 Å². The van der Waals surface area contributed by atoms with Crippen molar-refractivity contribution in [1.29, 1.82) is 0 Å². The number of hydroxylamine groups is 1. The quantitative estimate of drug-likeness (QED) is 0.359. The lowest BCUT2D eigenvalue weighted by molar-refractivity contribution is -0.152. The predicted molar refractivity (Wildman–Crippen MR) is 147 cm³/mol. The van der Waals surface area contributed by atoms with Gasteiger partial charge >= 0.3 is 5.97 Å². The van der Waals surface area contributed by atoms with Gasteiger partial charge in [0, 0.05) is 22.6 Å². The number of hydrogen-bond acceptors (Lipinski definition) is 5. The van der Waals surface area contributed by atoms with Crippen LogP contribution in [-0.4, -0.2) is 41.4 Å². The molecule has 0 spiro atoms. The fourth-order valence-corrected chi connectivity index (χ4v) is 6.38. The number of rotatable bonds is 8. The second-order valence-corrected chi connectivity index (χ2v) is 10.6. The average molecular weight is 549 g/mol. The van der Waals surface area contributed by atoms with Gasteiger partial charge in [0.15, 0.2) is 0 Å². The molecule has 8 heteroatoms. The molecule has 7 nitrogen and oxygen atoms in total. The van der Waals surface area contributed by atoms with Crippen LogP contribution >= 0.6 is 11.6 Å². The molecule has 3 aliphatic rings. The molecule has 2 aliphatic carbocycles. The highest BCUT2D eigenvalue weighted by atomic mass is 35.5. The molecule has 0 saturated heterocycles. The van der Waals surface area contributed by atoms with Crippen molar-refractivity contribution in [3.63, 3.8) is 0 Å². The van der Waals surface area contributed by atoms with E-state index >= 15 is 0 Å². The fraction of sp³-hybridized carbons (Fsp3) is 0.387. The van der Waals surface area contributed by atoms with E-state index in [-0.39, 0.29) is 36.9 Å². The van der Waals surface area contributed by atoms with Gasteiger partial charge in [-0.25, -0.2) is 5.48 Å². The highest BCUT2D eigenvalue weighted by molar-refractivity contribution is 6.31. The molecule has 5 atom stereocenters. The van der Waals surface area contributed by atoms with Crippen LogP contribution < -0.4 is 5.48 Å². The van der Waals surface area contributed by atoms with Crippen LogP contribution in [0.25, 0.3) is 0 Å². The molecule has 1 heterocycles. The highest BCUT2D eigenvalue weighted by Gasteiger charge is 2.51. The third-order valence-corrected chi connectivity index (χ3v) is 8.11. The van der Waals surface area contributed by atoms with Gasteiger partial charge in [0.05, 0.1) is 31.1 Å². The lowest BCUT2D eigenvalue weighted by Gasteiger charge is -2.49. The number of amides is 2. The van der Waals surface area contributed by atoms with Crippen molar-refractivity contribution < 1.29 is 24.0 Å². The van der Waals surface area contributed by atoms with E-state index in [4.69, 9.17) is 21.2 Å². The monoisotopic (exact) mass is 548 g/mol. The van der Waals surface area contributed by atoms with Gasteiger partial charge in [-0.2, -0.15) is 0 Å². The smallest absolute Gasteiger partial charge is 0.311 e. The second kappa shape index (κ2) is 12.2. The number of fused-ring (bicyclic) bond motifs is 1. The van der Waals surface area contributed by atoms with Gasteiger partial charge in [-0.15, -0.1) is 0 Å². The molecule has 0 aromatic heterocycles. The van der Waals surface area contributed by atoms with Crippen LogP contribution in [-0.2, 0) is 25.8 Å². The number of halogens is 1. The summed E-state index contributed by atoms with van der Waals surface area (Å²) in [6.45, 7) is 2.26. The third kappa shape index (κ3) is 5.65. The number of carbonyl (C=O) groups is 3. The fourth-order valence-electron chi connectivity index (χ4n) is 6.16. The molecular formula is C31H33ClN2O5. The number of hydrogen-bond donors (Lipinski definition) is 1. The van der Waals surface area contributed by atoms with Gasteiger partial charge in [0.25, 0.3) is 11.8 Å². The van der Waals surface area contributed by atoms with Gasteiger partial charge in [0.2, 0.25) is 0 Å². The minimum absolute atomic E-state index is 0.184. The first-order valence-electron chi connectivity index (χ1n) is 13.6. The Balaban J connectivity index is 1.53. The number of nitrogens with one attached hydrogen (secondary N) is 1. The summed E-state index contributed by atoms with van der Waals surface area (Å²) in [5.41, 5.74) is 4.67. The largest absolute Gasteiger partial charge is 0.466 e. The Bertz CT molecular complexity index is 1280. The molecule has 2 aromatic carbocycles. The number of esters is 1. The molecule has 1 saturated carbocycles. The van der Waals surface area contributed by atoms with Gasteiger partial charge in [-0.3, -0.25) is 19.2 Å². The molecule has 1 N–H and O–H groups in total. The number of nitrogens with zero attached hydrogens (tertiary/aromatic N) is 1. The first-order chi connectivity index (χ1) is 19.0. The number of benzene rings is 2. The Labute approximate surface area is 233 Å². The Morgan fingerprint density at radius 3 is 2.54 bits per heavy atom. The van der Waals surface area contributed by atoms with Crippen molar-refractivity contribution in [3.8, 4) is 0 Å². The summed E-state index contributed by atoms with van der Waals surface area (Å²) in [5.74, 6) is -2.35. The van der Waals surface area contributed by atoms with Gasteiger partial charge in [-0.1, -0.05) is 85.1 Å². The molecule has 5 rings (SSSR count). The molecule has 0 bridgehead atoms. The second-order valence-electron chi connectivity index (χ2n) is 10.2. The topological polar surface area (TPSA) is 84.9 Å². The summed E-state index contributed by atoms with van der Waals surface area (Å²) < 4.78 is 5.43. The molecule has 1 aliphatic heterocycles. The maximum absolute atomic E-state index is 14.2. The van der Waals surface area contributed by atoms with E-state index < -0.39 is 23.9 Å². The zero-order valence-electron chi connectivity index (χ0n) is 21.9. The summed E-state index contributed by atoms with van der Waals surface area (Å²) >= 11 is 6.37. The number of ether oxygens (including phenoxy) is 1. The van der Waals surface area contributed by atoms with Crippen LogP contribution in [0.2, 0.25) is 0 Å². The average Bonchev–Trinajstić information content (AvgIpc) is 3.39. The van der Waals surface area contributed by atoms with Crippen LogP contribution in [0.1, 0.15) is 60.0 Å². The normalized spacial score (nSPS) is 26.1. The third-order valence-electron chi connectivity index (χ3n) is 7.86. The van der Waals surface area contributed by atoms with E-state index in [1.165, 1.54) is 0 Å². The van der Waals surface area contributed by atoms with E-state index in [0.29, 0.717) is 29.0 Å². The van der Waals surface area contributed by atoms with Crippen molar-refractivity contribution in [2.24, 2.45) is 11.8 Å². The summed E-state index contributed by atoms with van der Waals surface area (Å²) in [6, 6.07) is 15.8. The first kappa shape index (κ1) is 27.2. The van der Waals surface area contributed by atoms with E-state index in [2.05, 4.69) is 5.48 Å². The maximum Gasteiger partial charge on any atom is 0.311 e. The lowest BCUT2D eigenvalue weighted by Crippen LogP contribution is -2.61. The Morgan fingerprint density at radius 2 is 1.79 bits per heavy atom. The minimum Gasteiger partial charge on any atom is -0.466 e. The highest BCUT2D eigenvalue weighted by Crippen LogP contribution is 2.44. The van der Waals surface area contributed by atoms with E-state index in [0.717, 1.165) is 18.4 Å². The minimum atomic E-state index is -0.743. The zero-order chi connectivity index (χ0) is 27.4. The van der Waals surface area contributed by atoms with Gasteiger partial charge in [0.1, 0.15) is 0 Å². The molecule has 5 unspecified atom stereocenters. The van der Waals surface area contributed by atoms with E-state index in [1.807, 2.05) is 54.6 Å². The number of allylic oxidation sites excluding steroid dienone is 2. The van der Waals surface area contributed by atoms with Crippen LogP contribution in [0.15, 0.2) is 77.9 Å². The summed E-state index contributed by atoms with van der Waals surface area (Å²) in [4.78, 5) is 48.6. The molecular weight excluding hydrogens is 516 g/mol. The van der Waals surface area contributed by atoms with Crippen molar-refractivity contribution in [1.82, 2.24) is 10.4 Å². The van der Waals surface area contributed by atoms with Crippen LogP contribution in [0.3, 0.4) is 0 Å². The predicted octanol–water partition coefficient (Wildman–Crippen LogP) is 5.27. The standard InChI is InChI=1S/C31H33ClN2O5/c1-2-38-31(37)25-14-8-9-15-26(25)34-28(21-16-17-22(32)18-21)27(23-12-6-7-13-24(23)30(34)36)29(35)33-39-19-20-10-4-3-5-11-20/h3-7,10-13,16-18,21,25-28H,2,8-9,14-15,19H2,1H3,(H,33,35). The molecule has 2 amide bonds. The maximum atomic E-state index is 14.2. The Kier molecular flexibility index (Phi) is 8.48. The molecule has 0 radical (unpaired) electrons. The molecule has 39 heavy (non-hydrogen) atoms. The molecule has 1 fully saturated rings.